The van der Waals surface area contributed by atoms with Gasteiger partial charge < -0.3 is 13.3 Å². The molecule has 0 amide bonds. The van der Waals surface area contributed by atoms with E-state index in [9.17, 15) is 0 Å². The van der Waals surface area contributed by atoms with Crippen LogP contribution in [0.25, 0.3) is 133 Å². The summed E-state index contributed by atoms with van der Waals surface area (Å²) in [5, 5.41) is 6.67. The summed E-state index contributed by atoms with van der Waals surface area (Å²) >= 11 is 0. The highest BCUT2D eigenvalue weighted by Gasteiger charge is 2.17. The molecule has 5 heteroatoms. The first-order valence-electron chi connectivity index (χ1n) is 21.1. The van der Waals surface area contributed by atoms with E-state index in [1.54, 1.807) is 0 Å². The zero-order chi connectivity index (χ0) is 41.4. The quantitative estimate of drug-likeness (QED) is 0.167. The predicted octanol–water partition coefficient (Wildman–Crippen LogP) is 16.2. The zero-order valence-corrected chi connectivity index (χ0v) is 33.7. The molecule has 0 aliphatic heterocycles. The van der Waals surface area contributed by atoms with Gasteiger partial charge in [0.1, 0.15) is 33.5 Å². The van der Waals surface area contributed by atoms with Crippen molar-refractivity contribution < 1.29 is 13.3 Å². The molecule has 5 nitrogen and oxygen atoms in total. The normalized spacial score (nSPS) is 11.8. The van der Waals surface area contributed by atoms with Crippen LogP contribution < -0.4 is 0 Å². The average Bonchev–Trinajstić information content (AvgIpc) is 4.06. The van der Waals surface area contributed by atoms with E-state index in [2.05, 4.69) is 170 Å². The van der Waals surface area contributed by atoms with E-state index in [1.807, 2.05) is 36.4 Å². The highest BCUT2D eigenvalue weighted by Crippen LogP contribution is 2.40. The lowest BCUT2D eigenvalue weighted by atomic mass is 9.98. The summed E-state index contributed by atoms with van der Waals surface area (Å²) in [6.45, 7) is 0. The minimum Gasteiger partial charge on any atom is -0.455 e. The van der Waals surface area contributed by atoms with Crippen LogP contribution in [0.2, 0.25) is 0 Å². The molecular formula is C58H34N2O3. The molecule has 4 aromatic heterocycles. The Kier molecular flexibility index (Phi) is 7.84. The van der Waals surface area contributed by atoms with E-state index in [-0.39, 0.29) is 0 Å². The number of benzene rings is 9. The van der Waals surface area contributed by atoms with Crippen molar-refractivity contribution in [2.45, 2.75) is 0 Å². The van der Waals surface area contributed by atoms with Gasteiger partial charge in [-0.2, -0.15) is 0 Å². The largest absolute Gasteiger partial charge is 0.455 e. The third-order valence-electron chi connectivity index (χ3n) is 12.4. The molecule has 0 saturated heterocycles. The number of hydrogen-bond donors (Lipinski definition) is 0. The van der Waals surface area contributed by atoms with Crippen LogP contribution in [0.15, 0.2) is 220 Å². The van der Waals surface area contributed by atoms with Crippen LogP contribution >= 0.6 is 0 Å². The molecule has 9 aromatic carbocycles. The summed E-state index contributed by atoms with van der Waals surface area (Å²) in [4.78, 5) is 10.4. The molecule has 0 fully saturated rings. The van der Waals surface area contributed by atoms with Crippen molar-refractivity contribution in [2.75, 3.05) is 0 Å². The number of para-hydroxylation sites is 6. The van der Waals surface area contributed by atoms with E-state index in [0.29, 0.717) is 5.82 Å². The second kappa shape index (κ2) is 14.0. The minimum atomic E-state index is 0.642. The Balaban J connectivity index is 0.903. The van der Waals surface area contributed by atoms with Gasteiger partial charge in [-0.05, 0) is 41.0 Å². The second-order valence-corrected chi connectivity index (χ2v) is 16.0. The highest BCUT2D eigenvalue weighted by molar-refractivity contribution is 6.11. The Labute approximate surface area is 361 Å². The number of rotatable bonds is 6. The Morgan fingerprint density at radius 3 is 0.921 bits per heavy atom. The van der Waals surface area contributed by atoms with Gasteiger partial charge in [0, 0.05) is 65.7 Å². The first-order valence-corrected chi connectivity index (χ1v) is 21.1. The van der Waals surface area contributed by atoms with E-state index in [4.69, 9.17) is 23.2 Å². The third-order valence-corrected chi connectivity index (χ3v) is 12.4. The van der Waals surface area contributed by atoms with Crippen molar-refractivity contribution in [3.05, 3.63) is 206 Å². The molecule has 63 heavy (non-hydrogen) atoms. The number of fused-ring (bicyclic) bond motifs is 9. The molecule has 0 spiro atoms. The first kappa shape index (κ1) is 35.2. The number of aromatic nitrogens is 2. The summed E-state index contributed by atoms with van der Waals surface area (Å²) < 4.78 is 19.2. The van der Waals surface area contributed by atoms with E-state index in [1.165, 1.54) is 0 Å². The van der Waals surface area contributed by atoms with Crippen molar-refractivity contribution in [1.29, 1.82) is 0 Å². The molecule has 0 N–H and O–H groups in total. The van der Waals surface area contributed by atoms with Crippen LogP contribution in [0.5, 0.6) is 0 Å². The van der Waals surface area contributed by atoms with Gasteiger partial charge in [-0.1, -0.05) is 182 Å². The molecule has 0 unspecified atom stereocenters. The van der Waals surface area contributed by atoms with Gasteiger partial charge in [-0.25, -0.2) is 9.97 Å². The molecule has 0 atom stereocenters. The molecule has 4 heterocycles. The lowest BCUT2D eigenvalue weighted by molar-refractivity contribution is 0.669. The second-order valence-electron chi connectivity index (χ2n) is 16.0. The fourth-order valence-electron chi connectivity index (χ4n) is 9.24. The van der Waals surface area contributed by atoms with Crippen LogP contribution in [-0.4, -0.2) is 9.97 Å². The van der Waals surface area contributed by atoms with Crippen molar-refractivity contribution in [1.82, 2.24) is 9.97 Å². The minimum absolute atomic E-state index is 0.642. The molecule has 13 rings (SSSR count). The van der Waals surface area contributed by atoms with Crippen LogP contribution in [0.4, 0.5) is 0 Å². The summed E-state index contributed by atoms with van der Waals surface area (Å²) in [6, 6.07) is 71.4. The Morgan fingerprint density at radius 2 is 0.556 bits per heavy atom. The van der Waals surface area contributed by atoms with Crippen LogP contribution in [0, 0.1) is 0 Å². The molecule has 0 saturated carbocycles. The van der Waals surface area contributed by atoms with E-state index < -0.39 is 0 Å². The molecular weight excluding hydrogens is 773 g/mol. The Hall–Kier alpha value is -8.54. The van der Waals surface area contributed by atoms with Crippen LogP contribution in [0.3, 0.4) is 0 Å². The van der Waals surface area contributed by atoms with Crippen molar-refractivity contribution >= 4 is 65.8 Å². The van der Waals surface area contributed by atoms with Gasteiger partial charge in [-0.3, -0.25) is 0 Å². The maximum Gasteiger partial charge on any atom is 0.160 e. The average molecular weight is 807 g/mol. The highest BCUT2D eigenvalue weighted by atomic mass is 16.3. The van der Waals surface area contributed by atoms with Gasteiger partial charge in [0.15, 0.2) is 5.82 Å². The summed E-state index contributed by atoms with van der Waals surface area (Å²) in [6.07, 6.45) is 0. The Bertz CT molecular complexity index is 3470. The van der Waals surface area contributed by atoms with E-state index in [0.717, 1.165) is 127 Å². The fourth-order valence-corrected chi connectivity index (χ4v) is 9.24. The molecule has 294 valence electrons. The smallest absolute Gasteiger partial charge is 0.160 e. The number of furan rings is 3. The topological polar surface area (TPSA) is 65.2 Å². The fraction of sp³-hybridized carbons (Fsp3) is 0. The van der Waals surface area contributed by atoms with Gasteiger partial charge in [-0.15, -0.1) is 0 Å². The monoisotopic (exact) mass is 806 g/mol. The molecule has 0 aliphatic rings. The van der Waals surface area contributed by atoms with E-state index >= 15 is 0 Å². The van der Waals surface area contributed by atoms with Gasteiger partial charge in [0.2, 0.25) is 0 Å². The van der Waals surface area contributed by atoms with Crippen molar-refractivity contribution in [3.63, 3.8) is 0 Å². The number of hydrogen-bond acceptors (Lipinski definition) is 5. The third kappa shape index (κ3) is 5.78. The van der Waals surface area contributed by atoms with Crippen LogP contribution in [0.1, 0.15) is 0 Å². The van der Waals surface area contributed by atoms with Crippen molar-refractivity contribution in [2.24, 2.45) is 0 Å². The lowest BCUT2D eigenvalue weighted by Crippen LogP contribution is -1.96. The molecule has 0 radical (unpaired) electrons. The van der Waals surface area contributed by atoms with Crippen molar-refractivity contribution in [3.8, 4) is 67.3 Å². The van der Waals surface area contributed by atoms with Gasteiger partial charge in [0.25, 0.3) is 0 Å². The van der Waals surface area contributed by atoms with Gasteiger partial charge >= 0.3 is 0 Å². The lowest BCUT2D eigenvalue weighted by Gasteiger charge is -2.11. The Morgan fingerprint density at radius 1 is 0.254 bits per heavy atom. The number of nitrogens with zero attached hydrogens (tertiary/aromatic N) is 2. The summed E-state index contributed by atoms with van der Waals surface area (Å²) in [5.74, 6) is 0.642. The molecule has 13 aromatic rings. The zero-order valence-electron chi connectivity index (χ0n) is 33.7. The summed E-state index contributed by atoms with van der Waals surface area (Å²) in [5.41, 5.74) is 16.2. The SMILES string of the molecule is c1ccc2c(c1)oc1c(-c3ccc(-c4cc(-c5ccc(-c6cccc7c6oc6ccccc67)cc5)nc(-c5ccc(-c6cccc7c6oc6ccccc67)cc5)n4)cc3)cccc12. The van der Waals surface area contributed by atoms with Gasteiger partial charge in [0.05, 0.1) is 11.4 Å². The molecule has 0 bridgehead atoms. The first-order chi connectivity index (χ1) is 31.2. The predicted molar refractivity (Wildman–Crippen MR) is 256 cm³/mol. The van der Waals surface area contributed by atoms with Crippen LogP contribution in [-0.2, 0) is 0 Å². The maximum atomic E-state index is 6.39. The molecule has 0 aliphatic carbocycles. The maximum absolute atomic E-state index is 6.39. The summed E-state index contributed by atoms with van der Waals surface area (Å²) in [7, 11) is 0. The standard InChI is InChI=1S/C58H34N2O3/c1-4-19-52-44(10-1)47-16-7-13-41(55(47)61-52)35-22-28-38(29-23-35)50-34-51(39-30-24-36(25-31-39)42-14-8-17-48-45-11-2-5-20-53(45)62-56(42)48)60-58(59-50)40-32-26-37(27-33-40)43-15-9-18-49-46-12-3-6-21-54(46)63-57(43)49/h1-34H.